The molecule has 2 rings (SSSR count). The highest BCUT2D eigenvalue weighted by atomic mass is 16.6. The van der Waals surface area contributed by atoms with Crippen molar-refractivity contribution in [1.29, 1.82) is 0 Å². The largest absolute Gasteiger partial charge is 0.446 e. The van der Waals surface area contributed by atoms with E-state index in [0.29, 0.717) is 5.56 Å². The van der Waals surface area contributed by atoms with E-state index in [0.717, 1.165) is 17.2 Å². The molecule has 7 heteroatoms. The van der Waals surface area contributed by atoms with Gasteiger partial charge in [0, 0.05) is 23.1 Å². The number of alkyl carbamates (subject to hydrolysis) is 1. The number of carbonyl (C=O) groups is 1. The molecular formula is C17H23N3O4. The number of ether oxygens (including phenoxy) is 1. The topological polar surface area (TPSA) is 96.6 Å². The number of nitrogens with one attached hydrogen (secondary N) is 1. The van der Waals surface area contributed by atoms with Crippen LogP contribution in [0.4, 0.5) is 4.79 Å². The number of nitrogens with zero attached hydrogens (tertiary/aromatic N) is 2. The van der Waals surface area contributed by atoms with Crippen molar-refractivity contribution in [2.45, 2.75) is 32.9 Å². The van der Waals surface area contributed by atoms with Gasteiger partial charge in [0.05, 0.1) is 12.6 Å². The van der Waals surface area contributed by atoms with Crippen molar-refractivity contribution in [1.82, 2.24) is 14.9 Å². The van der Waals surface area contributed by atoms with Crippen LogP contribution in [0.5, 0.6) is 0 Å². The molecule has 0 fully saturated rings. The monoisotopic (exact) mass is 333 g/mol. The smallest absolute Gasteiger partial charge is 0.407 e. The van der Waals surface area contributed by atoms with Gasteiger partial charge in [-0.1, -0.05) is 6.07 Å². The molecule has 7 nitrogen and oxygen atoms in total. The summed E-state index contributed by atoms with van der Waals surface area (Å²) in [6, 6.07) is 7.19. The Hall–Kier alpha value is -2.38. The second kappa shape index (κ2) is 7.94. The number of carbonyl (C=O) groups excluding carboxylic acids is 1. The van der Waals surface area contributed by atoms with Crippen molar-refractivity contribution >= 4 is 6.09 Å². The molecule has 1 amide bonds. The number of aliphatic hydroxyl groups excluding tert-OH is 2. The third kappa shape index (κ3) is 4.33. The number of pyridine rings is 1. The lowest BCUT2D eigenvalue weighted by Crippen LogP contribution is -2.36. The normalized spacial score (nSPS) is 13.4. The Morgan fingerprint density at radius 1 is 1.29 bits per heavy atom. The summed E-state index contributed by atoms with van der Waals surface area (Å²) < 4.78 is 6.94. The molecule has 0 saturated heterocycles. The average molecular weight is 333 g/mol. The third-order valence-corrected chi connectivity index (χ3v) is 3.67. The summed E-state index contributed by atoms with van der Waals surface area (Å²) in [6.07, 6.45) is -0.0800. The number of hydrogen-bond donors (Lipinski definition) is 3. The number of rotatable bonds is 6. The van der Waals surface area contributed by atoms with E-state index in [9.17, 15) is 9.90 Å². The molecule has 0 aromatic carbocycles. The molecule has 0 spiro atoms. The molecule has 0 bridgehead atoms. The maximum atomic E-state index is 11.5. The first-order valence-corrected chi connectivity index (χ1v) is 7.76. The first kappa shape index (κ1) is 18.0. The summed E-state index contributed by atoms with van der Waals surface area (Å²) in [7, 11) is 0. The maximum absolute atomic E-state index is 11.5. The number of aromatic nitrogens is 2. The summed E-state index contributed by atoms with van der Waals surface area (Å²) in [6.45, 7) is 5.27. The molecule has 2 atom stereocenters. The molecule has 24 heavy (non-hydrogen) atoms. The Morgan fingerprint density at radius 2 is 1.96 bits per heavy atom. The van der Waals surface area contributed by atoms with Crippen molar-refractivity contribution in [3.63, 3.8) is 0 Å². The van der Waals surface area contributed by atoms with Crippen LogP contribution >= 0.6 is 0 Å². The highest BCUT2D eigenvalue weighted by Gasteiger charge is 2.14. The van der Waals surface area contributed by atoms with E-state index in [1.165, 1.54) is 0 Å². The summed E-state index contributed by atoms with van der Waals surface area (Å²) in [5.74, 6) is 0.765. The summed E-state index contributed by atoms with van der Waals surface area (Å²) in [5.41, 5.74) is 2.71. The fourth-order valence-corrected chi connectivity index (χ4v) is 2.30. The number of amides is 1. The molecular weight excluding hydrogens is 310 g/mol. The maximum Gasteiger partial charge on any atom is 0.407 e. The van der Waals surface area contributed by atoms with Gasteiger partial charge >= 0.3 is 6.09 Å². The van der Waals surface area contributed by atoms with E-state index in [2.05, 4.69) is 10.3 Å². The van der Waals surface area contributed by atoms with Gasteiger partial charge in [-0.25, -0.2) is 9.78 Å². The first-order valence-electron chi connectivity index (χ1n) is 7.76. The van der Waals surface area contributed by atoms with Gasteiger partial charge in [0.1, 0.15) is 18.5 Å². The zero-order valence-electron chi connectivity index (χ0n) is 14.1. The zero-order valence-corrected chi connectivity index (χ0v) is 14.1. The van der Waals surface area contributed by atoms with Gasteiger partial charge in [-0.3, -0.25) is 0 Å². The lowest BCUT2D eigenvalue weighted by atomic mass is 10.2. The fourth-order valence-electron chi connectivity index (χ4n) is 2.30. The van der Waals surface area contributed by atoms with Crippen LogP contribution in [0.25, 0.3) is 5.82 Å². The predicted molar refractivity (Wildman–Crippen MR) is 89.0 cm³/mol. The highest BCUT2D eigenvalue weighted by molar-refractivity contribution is 5.67. The van der Waals surface area contributed by atoms with Crippen molar-refractivity contribution < 1.29 is 19.7 Å². The van der Waals surface area contributed by atoms with Crippen LogP contribution in [0.15, 0.2) is 30.5 Å². The Labute approximate surface area is 140 Å². The molecule has 3 N–H and O–H groups in total. The van der Waals surface area contributed by atoms with Gasteiger partial charge in [0.25, 0.3) is 0 Å². The number of aliphatic hydroxyl groups is 2. The van der Waals surface area contributed by atoms with E-state index in [1.807, 2.05) is 36.6 Å². The lowest BCUT2D eigenvalue weighted by molar-refractivity contribution is 0.0652. The van der Waals surface area contributed by atoms with Gasteiger partial charge in [0.15, 0.2) is 0 Å². The zero-order chi connectivity index (χ0) is 17.7. The number of hydrogen-bond acceptors (Lipinski definition) is 5. The minimum atomic E-state index is -0.964. The van der Waals surface area contributed by atoms with E-state index in [-0.39, 0.29) is 13.2 Å². The summed E-state index contributed by atoms with van der Waals surface area (Å²) >= 11 is 0. The minimum Gasteiger partial charge on any atom is -0.446 e. The highest BCUT2D eigenvalue weighted by Crippen LogP contribution is 2.17. The standard InChI is InChI=1S/C17H23N3O4/c1-11(9-21)19-17(23)24-10-15(22)14-6-7-16(18-8-14)20-12(2)4-5-13(20)3/h4-8,11,15,21-22H,9-10H2,1-3H3,(H,19,23). The van der Waals surface area contributed by atoms with Gasteiger partial charge in [0.2, 0.25) is 0 Å². The number of aryl methyl sites for hydroxylation is 2. The molecule has 0 aliphatic rings. The Morgan fingerprint density at radius 3 is 2.50 bits per heavy atom. The summed E-state index contributed by atoms with van der Waals surface area (Å²) in [4.78, 5) is 15.8. The molecule has 2 unspecified atom stereocenters. The Kier molecular flexibility index (Phi) is 5.94. The first-order chi connectivity index (χ1) is 11.4. The van der Waals surface area contributed by atoms with Gasteiger partial charge < -0.3 is 24.8 Å². The van der Waals surface area contributed by atoms with Crippen LogP contribution in [0, 0.1) is 13.8 Å². The quantitative estimate of drug-likeness (QED) is 0.746. The second-order valence-corrected chi connectivity index (χ2v) is 5.74. The molecule has 2 aromatic heterocycles. The molecule has 0 aliphatic carbocycles. The fraction of sp³-hybridized carbons (Fsp3) is 0.412. The van der Waals surface area contributed by atoms with Crippen molar-refractivity contribution in [2.75, 3.05) is 13.2 Å². The van der Waals surface area contributed by atoms with E-state index in [1.54, 1.807) is 19.2 Å². The van der Waals surface area contributed by atoms with Crippen LogP contribution in [-0.2, 0) is 4.74 Å². The van der Waals surface area contributed by atoms with E-state index >= 15 is 0 Å². The Balaban J connectivity index is 1.96. The molecule has 0 radical (unpaired) electrons. The van der Waals surface area contributed by atoms with Crippen molar-refractivity contribution in [3.8, 4) is 5.82 Å². The lowest BCUT2D eigenvalue weighted by Gasteiger charge is -2.15. The summed E-state index contributed by atoms with van der Waals surface area (Å²) in [5, 5.41) is 21.4. The molecule has 2 aromatic rings. The SMILES string of the molecule is Cc1ccc(C)n1-c1ccc(C(O)COC(=O)NC(C)CO)cn1. The molecule has 130 valence electrons. The Bertz CT molecular complexity index is 662. The predicted octanol–water partition coefficient (Wildman–Crippen LogP) is 1.63. The molecule has 0 saturated carbocycles. The van der Waals surface area contributed by atoms with Crippen LogP contribution in [0.3, 0.4) is 0 Å². The van der Waals surface area contributed by atoms with Crippen LogP contribution in [0.1, 0.15) is 30.0 Å². The van der Waals surface area contributed by atoms with Crippen molar-refractivity contribution in [2.24, 2.45) is 0 Å². The second-order valence-electron chi connectivity index (χ2n) is 5.74. The average Bonchev–Trinajstić information content (AvgIpc) is 2.91. The van der Waals surface area contributed by atoms with Crippen LogP contribution in [0.2, 0.25) is 0 Å². The van der Waals surface area contributed by atoms with Crippen LogP contribution < -0.4 is 5.32 Å². The van der Waals surface area contributed by atoms with Crippen molar-refractivity contribution in [3.05, 3.63) is 47.4 Å². The molecule has 0 aliphatic heterocycles. The van der Waals surface area contributed by atoms with Gasteiger partial charge in [-0.05, 0) is 39.0 Å². The van der Waals surface area contributed by atoms with Crippen LogP contribution in [-0.4, -0.2) is 45.1 Å². The third-order valence-electron chi connectivity index (χ3n) is 3.67. The van der Waals surface area contributed by atoms with E-state index in [4.69, 9.17) is 9.84 Å². The minimum absolute atomic E-state index is 0.179. The molecule has 2 heterocycles. The van der Waals surface area contributed by atoms with Gasteiger partial charge in [-0.15, -0.1) is 0 Å². The van der Waals surface area contributed by atoms with E-state index < -0.39 is 18.2 Å². The van der Waals surface area contributed by atoms with Gasteiger partial charge in [-0.2, -0.15) is 0 Å².